The Kier molecular flexibility index (Phi) is 9.76. The molecule has 1 heterocycles. The highest BCUT2D eigenvalue weighted by Gasteiger charge is 2.28. The van der Waals surface area contributed by atoms with E-state index in [9.17, 15) is 19.7 Å². The second-order valence-electron chi connectivity index (χ2n) is 11.6. The molecule has 5 rings (SSSR count). The molecule has 1 saturated heterocycles. The first kappa shape index (κ1) is 31.0. The van der Waals surface area contributed by atoms with E-state index in [2.05, 4.69) is 34.3 Å². The molecule has 1 aliphatic carbocycles. The number of hydrogen-bond donors (Lipinski definition) is 2. The van der Waals surface area contributed by atoms with Gasteiger partial charge in [0.25, 0.3) is 11.6 Å². The number of nitro groups is 1. The summed E-state index contributed by atoms with van der Waals surface area (Å²) >= 11 is 0. The van der Waals surface area contributed by atoms with Crippen molar-refractivity contribution >= 4 is 29.1 Å². The first-order chi connectivity index (χ1) is 21.2. The summed E-state index contributed by atoms with van der Waals surface area (Å²) < 4.78 is 5.14. The van der Waals surface area contributed by atoms with Gasteiger partial charge in [-0.05, 0) is 79.8 Å². The number of nitrogens with two attached hydrogens (primary N) is 1. The zero-order valence-electron chi connectivity index (χ0n) is 25.3. The van der Waals surface area contributed by atoms with Crippen molar-refractivity contribution in [2.75, 3.05) is 50.6 Å². The van der Waals surface area contributed by atoms with E-state index in [0.717, 1.165) is 74.2 Å². The maximum absolute atomic E-state index is 13.3. The lowest BCUT2D eigenvalue weighted by Gasteiger charge is -2.35. The Bertz CT molecular complexity index is 1480. The molecular formula is C33H40N6O5. The van der Waals surface area contributed by atoms with Crippen molar-refractivity contribution in [2.45, 2.75) is 44.3 Å². The van der Waals surface area contributed by atoms with Crippen LogP contribution >= 0.6 is 0 Å². The number of likely N-dealkylation sites (N-methyl/N-ethyl adjacent to an activating group) is 1. The van der Waals surface area contributed by atoms with E-state index < -0.39 is 4.92 Å². The number of hydrogen-bond acceptors (Lipinski definition) is 8. The van der Waals surface area contributed by atoms with Gasteiger partial charge in [-0.1, -0.05) is 24.3 Å². The largest absolute Gasteiger partial charge is 0.453 e. The summed E-state index contributed by atoms with van der Waals surface area (Å²) in [6.45, 7) is 3.87. The van der Waals surface area contributed by atoms with Crippen LogP contribution in [-0.2, 0) is 11.3 Å². The van der Waals surface area contributed by atoms with Crippen molar-refractivity contribution in [3.63, 3.8) is 0 Å². The van der Waals surface area contributed by atoms with Gasteiger partial charge in [0.15, 0.2) is 0 Å². The fourth-order valence-corrected chi connectivity index (χ4v) is 5.99. The number of benzene rings is 3. The molecule has 0 bridgehead atoms. The number of carbonyl (C=O) groups excluding carboxylic acids is 2. The van der Waals surface area contributed by atoms with Crippen LogP contribution in [0.4, 0.5) is 21.9 Å². The molecule has 0 aromatic heterocycles. The van der Waals surface area contributed by atoms with Crippen molar-refractivity contribution in [2.24, 2.45) is 5.73 Å². The Morgan fingerprint density at radius 3 is 2.32 bits per heavy atom. The van der Waals surface area contributed by atoms with Crippen molar-refractivity contribution in [3.8, 4) is 11.1 Å². The molecule has 44 heavy (non-hydrogen) atoms. The second kappa shape index (κ2) is 13.9. The minimum atomic E-state index is -0.486. The van der Waals surface area contributed by atoms with Gasteiger partial charge in [-0.2, -0.15) is 0 Å². The predicted molar refractivity (Wildman–Crippen MR) is 171 cm³/mol. The van der Waals surface area contributed by atoms with Crippen LogP contribution in [0.25, 0.3) is 11.1 Å². The Balaban J connectivity index is 1.42. The number of carbonyl (C=O) groups is 2. The first-order valence-electron chi connectivity index (χ1n) is 15.0. The second-order valence-corrected chi connectivity index (χ2v) is 11.6. The molecule has 0 spiro atoms. The van der Waals surface area contributed by atoms with Gasteiger partial charge in [0.05, 0.1) is 23.4 Å². The molecule has 1 saturated carbocycles. The molecule has 2 aliphatic rings. The Labute approximate surface area is 257 Å². The number of nitrogens with zero attached hydrogens (tertiary/aromatic N) is 4. The molecule has 3 aromatic carbocycles. The summed E-state index contributed by atoms with van der Waals surface area (Å²) in [6.07, 6.45) is 3.12. The lowest BCUT2D eigenvalue weighted by Crippen LogP contribution is -2.44. The normalized spacial score (nSPS) is 18.8. The minimum Gasteiger partial charge on any atom is -0.453 e. The van der Waals surface area contributed by atoms with Gasteiger partial charge in [0, 0.05) is 62.5 Å². The van der Waals surface area contributed by atoms with Gasteiger partial charge in [-0.25, -0.2) is 4.79 Å². The van der Waals surface area contributed by atoms with Crippen molar-refractivity contribution in [1.29, 1.82) is 0 Å². The molecule has 1 aliphatic heterocycles. The Hall–Kier alpha value is -4.48. The smallest absolute Gasteiger partial charge is 0.410 e. The lowest BCUT2D eigenvalue weighted by atomic mass is 9.90. The molecule has 0 unspecified atom stereocenters. The third kappa shape index (κ3) is 7.35. The van der Waals surface area contributed by atoms with Crippen LogP contribution in [0.1, 0.15) is 41.6 Å². The molecule has 0 atom stereocenters. The van der Waals surface area contributed by atoms with Crippen LogP contribution in [0, 0.1) is 10.1 Å². The standard InChI is InChI=1S/C33H40N6O5/c1-36-16-18-37(19-17-36)31-15-8-26(21-30(31)35-32(40)24-6-11-29(12-7-24)39(42)43)25-5-3-4-23(20-25)22-38(33(41)44-2)28-13-9-27(34)10-14-28/h3-8,11-12,15,20-21,27-28H,9-10,13-14,16-19,22,34H2,1-2H3,(H,35,40). The first-order valence-corrected chi connectivity index (χ1v) is 15.0. The zero-order valence-corrected chi connectivity index (χ0v) is 25.3. The third-order valence-corrected chi connectivity index (χ3v) is 8.63. The molecule has 232 valence electrons. The molecule has 2 fully saturated rings. The van der Waals surface area contributed by atoms with Crippen LogP contribution in [0.2, 0.25) is 0 Å². The summed E-state index contributed by atoms with van der Waals surface area (Å²) in [5.74, 6) is -0.345. The number of amides is 2. The average Bonchev–Trinajstić information content (AvgIpc) is 3.04. The van der Waals surface area contributed by atoms with Gasteiger partial charge in [0.2, 0.25) is 0 Å². The fraction of sp³-hybridized carbons (Fsp3) is 0.394. The number of ether oxygens (including phenoxy) is 1. The van der Waals surface area contributed by atoms with Gasteiger partial charge in [-0.15, -0.1) is 0 Å². The lowest BCUT2D eigenvalue weighted by molar-refractivity contribution is -0.384. The molecule has 3 aromatic rings. The van der Waals surface area contributed by atoms with E-state index in [1.54, 1.807) is 4.90 Å². The van der Waals surface area contributed by atoms with Crippen LogP contribution in [0.3, 0.4) is 0 Å². The number of non-ortho nitro benzene ring substituents is 1. The average molecular weight is 601 g/mol. The minimum absolute atomic E-state index is 0.0700. The summed E-state index contributed by atoms with van der Waals surface area (Å²) in [6, 6.07) is 19.9. The van der Waals surface area contributed by atoms with E-state index in [1.165, 1.54) is 31.4 Å². The molecule has 11 nitrogen and oxygen atoms in total. The Morgan fingerprint density at radius 2 is 1.66 bits per heavy atom. The zero-order chi connectivity index (χ0) is 31.2. The van der Waals surface area contributed by atoms with E-state index in [-0.39, 0.29) is 29.8 Å². The van der Waals surface area contributed by atoms with E-state index >= 15 is 0 Å². The van der Waals surface area contributed by atoms with Gasteiger partial charge < -0.3 is 30.5 Å². The molecule has 3 N–H and O–H groups in total. The monoisotopic (exact) mass is 600 g/mol. The van der Waals surface area contributed by atoms with Gasteiger partial charge >= 0.3 is 6.09 Å². The predicted octanol–water partition coefficient (Wildman–Crippen LogP) is 5.10. The number of methoxy groups -OCH3 is 1. The summed E-state index contributed by atoms with van der Waals surface area (Å²) in [7, 11) is 3.50. The van der Waals surface area contributed by atoms with Crippen LogP contribution in [-0.4, -0.2) is 79.1 Å². The maximum Gasteiger partial charge on any atom is 0.410 e. The van der Waals surface area contributed by atoms with Crippen molar-refractivity contribution in [1.82, 2.24) is 9.80 Å². The van der Waals surface area contributed by atoms with Crippen molar-refractivity contribution in [3.05, 3.63) is 88.0 Å². The van der Waals surface area contributed by atoms with E-state index in [4.69, 9.17) is 10.5 Å². The van der Waals surface area contributed by atoms with E-state index in [0.29, 0.717) is 17.8 Å². The Morgan fingerprint density at radius 1 is 0.977 bits per heavy atom. The van der Waals surface area contributed by atoms with Crippen LogP contribution < -0.4 is 16.0 Å². The SMILES string of the molecule is COC(=O)N(Cc1cccc(-c2ccc(N3CCN(C)CC3)c(NC(=O)c3ccc([N+](=O)[O-])cc3)c2)c1)C1CCC(N)CC1. The number of nitrogens with one attached hydrogen (secondary N) is 1. The highest BCUT2D eigenvalue weighted by atomic mass is 16.6. The number of nitro benzene ring substituents is 1. The quantitative estimate of drug-likeness (QED) is 0.269. The fourth-order valence-electron chi connectivity index (χ4n) is 5.99. The molecular weight excluding hydrogens is 560 g/mol. The molecule has 0 radical (unpaired) electrons. The number of piperazine rings is 1. The van der Waals surface area contributed by atoms with E-state index in [1.807, 2.05) is 30.3 Å². The number of anilines is 2. The topological polar surface area (TPSA) is 134 Å². The molecule has 2 amide bonds. The third-order valence-electron chi connectivity index (χ3n) is 8.63. The number of rotatable bonds is 8. The van der Waals surface area contributed by atoms with Crippen LogP contribution in [0.15, 0.2) is 66.7 Å². The highest BCUT2D eigenvalue weighted by Crippen LogP contribution is 2.34. The highest BCUT2D eigenvalue weighted by molar-refractivity contribution is 6.06. The molecule has 11 heteroatoms. The van der Waals surface area contributed by atoms with Gasteiger partial charge in [0.1, 0.15) is 0 Å². The summed E-state index contributed by atoms with van der Waals surface area (Å²) in [5.41, 5.74) is 10.8. The summed E-state index contributed by atoms with van der Waals surface area (Å²) in [5, 5.41) is 14.1. The van der Waals surface area contributed by atoms with Crippen molar-refractivity contribution < 1.29 is 19.2 Å². The van der Waals surface area contributed by atoms with Crippen LogP contribution in [0.5, 0.6) is 0 Å². The van der Waals surface area contributed by atoms with Gasteiger partial charge in [-0.3, -0.25) is 14.9 Å². The summed E-state index contributed by atoms with van der Waals surface area (Å²) in [4.78, 5) is 43.0. The maximum atomic E-state index is 13.3.